The molecule has 2 aromatic heterocycles. The zero-order valence-electron chi connectivity index (χ0n) is 8.47. The van der Waals surface area contributed by atoms with Crippen LogP contribution in [0, 0.1) is 11.8 Å². The van der Waals surface area contributed by atoms with Gasteiger partial charge in [-0.25, -0.2) is 0 Å². The third kappa shape index (κ3) is 2.42. The predicted molar refractivity (Wildman–Crippen MR) is 67.9 cm³/mol. The van der Waals surface area contributed by atoms with Crippen LogP contribution in [0.4, 0.5) is 0 Å². The van der Waals surface area contributed by atoms with Gasteiger partial charge in [-0.15, -0.1) is 11.3 Å². The number of nitrogens with two attached hydrogens (primary N) is 1. The van der Waals surface area contributed by atoms with E-state index in [0.29, 0.717) is 13.1 Å². The quantitative estimate of drug-likeness (QED) is 0.817. The third-order valence-corrected chi connectivity index (χ3v) is 3.63. The Balaban J connectivity index is 2.25. The van der Waals surface area contributed by atoms with Crippen LogP contribution in [-0.4, -0.2) is 11.1 Å². The summed E-state index contributed by atoms with van der Waals surface area (Å²) in [5.41, 5.74) is 6.30. The maximum absolute atomic E-state index is 11.4. The molecule has 0 aromatic carbocycles. The Kier molecular flexibility index (Phi) is 3.57. The number of nitrogens with zero attached hydrogens (tertiary/aromatic N) is 1. The Morgan fingerprint density at radius 1 is 1.38 bits per heavy atom. The Morgan fingerprint density at radius 3 is 2.94 bits per heavy atom. The molecule has 2 aromatic rings. The van der Waals surface area contributed by atoms with Crippen molar-refractivity contribution in [2.24, 2.45) is 5.73 Å². The molecule has 0 radical (unpaired) electrons. The van der Waals surface area contributed by atoms with Crippen LogP contribution in [0.3, 0.4) is 0 Å². The van der Waals surface area contributed by atoms with E-state index in [1.54, 1.807) is 27.5 Å². The average Bonchev–Trinajstić information content (AvgIpc) is 2.87. The van der Waals surface area contributed by atoms with Gasteiger partial charge in [0, 0.05) is 22.0 Å². The summed E-state index contributed by atoms with van der Waals surface area (Å²) in [6, 6.07) is 1.96. The summed E-state index contributed by atoms with van der Waals surface area (Å²) in [7, 11) is 0. The molecule has 0 fully saturated rings. The minimum atomic E-state index is 0.0612. The summed E-state index contributed by atoms with van der Waals surface area (Å²) >= 11 is 2.81. The highest BCUT2D eigenvalue weighted by Gasteiger charge is 2.04. The van der Waals surface area contributed by atoms with Crippen molar-refractivity contribution in [3.8, 4) is 11.8 Å². The van der Waals surface area contributed by atoms with Crippen LogP contribution in [0.15, 0.2) is 27.8 Å². The van der Waals surface area contributed by atoms with E-state index in [9.17, 15) is 4.79 Å². The topological polar surface area (TPSA) is 48.0 Å². The maximum atomic E-state index is 11.4. The predicted octanol–water partition coefficient (Wildman–Crippen LogP) is 1.33. The summed E-state index contributed by atoms with van der Waals surface area (Å²) in [5, 5.41) is 3.77. The second-order valence-corrected chi connectivity index (χ2v) is 4.92. The van der Waals surface area contributed by atoms with Crippen molar-refractivity contribution in [2.45, 2.75) is 6.54 Å². The van der Waals surface area contributed by atoms with Crippen LogP contribution >= 0.6 is 22.7 Å². The summed E-state index contributed by atoms with van der Waals surface area (Å²) in [4.78, 5) is 12.6. The van der Waals surface area contributed by atoms with Gasteiger partial charge in [-0.05, 0) is 11.4 Å². The normalized spacial score (nSPS) is 9.81. The first kappa shape index (κ1) is 11.1. The minimum Gasteiger partial charge on any atom is -0.320 e. The van der Waals surface area contributed by atoms with Gasteiger partial charge in [-0.2, -0.15) is 0 Å². The highest BCUT2D eigenvalue weighted by Crippen LogP contribution is 2.16. The van der Waals surface area contributed by atoms with Crippen molar-refractivity contribution < 1.29 is 0 Å². The minimum absolute atomic E-state index is 0.0612. The first-order valence-electron chi connectivity index (χ1n) is 4.70. The van der Waals surface area contributed by atoms with Gasteiger partial charge in [0.25, 0.3) is 0 Å². The molecule has 0 aliphatic carbocycles. The zero-order chi connectivity index (χ0) is 11.4. The first-order valence-corrected chi connectivity index (χ1v) is 6.46. The van der Waals surface area contributed by atoms with Crippen LogP contribution < -0.4 is 10.6 Å². The van der Waals surface area contributed by atoms with Crippen LogP contribution in [-0.2, 0) is 6.54 Å². The number of thiophene rings is 1. The molecular weight excluding hydrogens is 240 g/mol. The molecule has 0 bridgehead atoms. The van der Waals surface area contributed by atoms with Crippen molar-refractivity contribution in [1.82, 2.24) is 4.57 Å². The lowest BCUT2D eigenvalue weighted by Gasteiger charge is -1.98. The summed E-state index contributed by atoms with van der Waals surface area (Å²) < 4.78 is 1.68. The molecule has 16 heavy (non-hydrogen) atoms. The monoisotopic (exact) mass is 250 g/mol. The van der Waals surface area contributed by atoms with Crippen molar-refractivity contribution in [3.05, 3.63) is 43.1 Å². The average molecular weight is 250 g/mol. The largest absolute Gasteiger partial charge is 0.320 e. The van der Waals surface area contributed by atoms with E-state index in [4.69, 9.17) is 5.73 Å². The Bertz CT molecular complexity index is 583. The van der Waals surface area contributed by atoms with Crippen molar-refractivity contribution in [2.75, 3.05) is 6.54 Å². The van der Waals surface area contributed by atoms with Crippen LogP contribution in [0.2, 0.25) is 0 Å². The molecule has 2 heterocycles. The molecule has 3 nitrogen and oxygen atoms in total. The second-order valence-electron chi connectivity index (χ2n) is 3.06. The summed E-state index contributed by atoms with van der Waals surface area (Å²) in [6.07, 6.45) is 1.80. The fraction of sp³-hybridized carbons (Fsp3) is 0.182. The number of aromatic nitrogens is 1. The lowest BCUT2D eigenvalue weighted by Crippen LogP contribution is -2.12. The molecule has 0 unspecified atom stereocenters. The molecule has 0 saturated carbocycles. The molecular formula is C11H10N2OS2. The number of hydrogen-bond donors (Lipinski definition) is 1. The van der Waals surface area contributed by atoms with Gasteiger partial charge in [0.05, 0.1) is 13.1 Å². The first-order chi connectivity index (χ1) is 7.81. The highest BCUT2D eigenvalue weighted by atomic mass is 32.1. The fourth-order valence-electron chi connectivity index (χ4n) is 1.28. The van der Waals surface area contributed by atoms with Gasteiger partial charge in [-0.1, -0.05) is 23.2 Å². The molecule has 0 aliphatic heterocycles. The number of rotatable bonds is 2. The fourth-order valence-corrected chi connectivity index (χ4v) is 2.70. The molecule has 0 atom stereocenters. The van der Waals surface area contributed by atoms with Gasteiger partial charge in [0.1, 0.15) is 0 Å². The van der Waals surface area contributed by atoms with Gasteiger partial charge in [0.15, 0.2) is 0 Å². The van der Waals surface area contributed by atoms with Gasteiger partial charge in [-0.3, -0.25) is 4.79 Å². The van der Waals surface area contributed by atoms with Crippen LogP contribution in [0.1, 0.15) is 10.4 Å². The lowest BCUT2D eigenvalue weighted by molar-refractivity contribution is 0.795. The standard InChI is InChI=1S/C11H10N2OS2/c12-4-1-2-9-3-6-15-10(9)8-13-5-7-16-11(13)14/h3,5-7H,4,8,12H2. The molecule has 2 N–H and O–H groups in total. The van der Waals surface area contributed by atoms with Gasteiger partial charge >= 0.3 is 4.87 Å². The van der Waals surface area contributed by atoms with E-state index in [-0.39, 0.29) is 4.87 Å². The molecule has 0 aliphatic rings. The molecule has 0 amide bonds. The third-order valence-electron chi connectivity index (χ3n) is 2.03. The SMILES string of the molecule is NCC#Cc1ccsc1Cn1ccsc1=O. The van der Waals surface area contributed by atoms with E-state index in [0.717, 1.165) is 10.4 Å². The van der Waals surface area contributed by atoms with Crippen molar-refractivity contribution in [3.63, 3.8) is 0 Å². The number of hydrogen-bond acceptors (Lipinski definition) is 4. The molecule has 82 valence electrons. The van der Waals surface area contributed by atoms with E-state index < -0.39 is 0 Å². The van der Waals surface area contributed by atoms with E-state index >= 15 is 0 Å². The van der Waals surface area contributed by atoms with Crippen molar-refractivity contribution in [1.29, 1.82) is 0 Å². The Morgan fingerprint density at radius 2 is 2.25 bits per heavy atom. The van der Waals surface area contributed by atoms with E-state index in [2.05, 4.69) is 11.8 Å². The Labute approximate surface area is 101 Å². The van der Waals surface area contributed by atoms with E-state index in [1.165, 1.54) is 11.3 Å². The Hall–Kier alpha value is -1.35. The van der Waals surface area contributed by atoms with Crippen LogP contribution in [0.5, 0.6) is 0 Å². The van der Waals surface area contributed by atoms with E-state index in [1.807, 2.05) is 11.4 Å². The maximum Gasteiger partial charge on any atom is 0.307 e. The molecule has 5 heteroatoms. The van der Waals surface area contributed by atoms with Crippen molar-refractivity contribution >= 4 is 22.7 Å². The summed E-state index contributed by atoms with van der Waals surface area (Å²) in [5.74, 6) is 5.83. The number of thiazole rings is 1. The smallest absolute Gasteiger partial charge is 0.307 e. The second kappa shape index (κ2) is 5.12. The van der Waals surface area contributed by atoms with Gasteiger partial charge in [0.2, 0.25) is 0 Å². The molecule has 0 saturated heterocycles. The summed E-state index contributed by atoms with van der Waals surface area (Å²) in [6.45, 7) is 0.947. The molecule has 0 spiro atoms. The van der Waals surface area contributed by atoms with Gasteiger partial charge < -0.3 is 10.3 Å². The molecule has 2 rings (SSSR count). The highest BCUT2D eigenvalue weighted by molar-refractivity contribution is 7.10. The van der Waals surface area contributed by atoms with Crippen LogP contribution in [0.25, 0.3) is 0 Å². The lowest BCUT2D eigenvalue weighted by atomic mass is 10.2. The zero-order valence-corrected chi connectivity index (χ0v) is 10.1.